The molecule has 0 heteroatoms. The topological polar surface area (TPSA) is 0 Å². The van der Waals surface area contributed by atoms with Crippen LogP contribution in [0, 0.1) is 17.2 Å². The van der Waals surface area contributed by atoms with Gasteiger partial charge in [-0.25, -0.2) is 0 Å². The van der Waals surface area contributed by atoms with E-state index in [0.29, 0.717) is 11.3 Å². The van der Waals surface area contributed by atoms with E-state index < -0.39 is 0 Å². The largest absolute Gasteiger partial charge is 0.0625 e. The molecule has 0 aromatic heterocycles. The van der Waals surface area contributed by atoms with Crippen molar-refractivity contribution in [3.63, 3.8) is 0 Å². The summed E-state index contributed by atoms with van der Waals surface area (Å²) >= 11 is 0. The third-order valence-electron chi connectivity index (χ3n) is 3.06. The van der Waals surface area contributed by atoms with Gasteiger partial charge >= 0.3 is 0 Å². The maximum Gasteiger partial charge on any atom is 0.0305 e. The van der Waals surface area contributed by atoms with Crippen LogP contribution < -0.4 is 0 Å². The molecule has 0 aromatic rings. The Kier molecular flexibility index (Phi) is 2.20. The van der Waals surface area contributed by atoms with Crippen LogP contribution in [0.4, 0.5) is 0 Å². The van der Waals surface area contributed by atoms with E-state index >= 15 is 0 Å². The third-order valence-corrected chi connectivity index (χ3v) is 3.06. The minimum atomic E-state index is -0.116. The van der Waals surface area contributed by atoms with Crippen LogP contribution in [0.5, 0.6) is 0 Å². The Balaban J connectivity index is 2.55. The first-order chi connectivity index (χ1) is 5.36. The van der Waals surface area contributed by atoms with Crippen LogP contribution in [0.15, 0.2) is 0 Å². The van der Waals surface area contributed by atoms with Crippen LogP contribution in [0.3, 0.4) is 0 Å². The average molecular weight is 155 g/mol. The van der Waals surface area contributed by atoms with Gasteiger partial charge in [0.25, 0.3) is 0 Å². The van der Waals surface area contributed by atoms with Gasteiger partial charge in [-0.15, -0.1) is 0 Å². The van der Waals surface area contributed by atoms with Gasteiger partial charge in [0.15, 0.2) is 0 Å². The van der Waals surface area contributed by atoms with E-state index in [1.54, 1.807) is 0 Å². The van der Waals surface area contributed by atoms with Gasteiger partial charge in [-0.3, -0.25) is 0 Å². The normalized spacial score (nSPS) is 30.1. The number of rotatable bonds is 1. The number of hydrogen-bond acceptors (Lipinski definition) is 0. The van der Waals surface area contributed by atoms with Gasteiger partial charge < -0.3 is 0 Å². The lowest BCUT2D eigenvalue weighted by Crippen LogP contribution is -2.23. The highest BCUT2D eigenvalue weighted by Crippen LogP contribution is 2.40. The molecule has 1 aliphatic carbocycles. The smallest absolute Gasteiger partial charge is 0.0305 e. The van der Waals surface area contributed by atoms with Crippen LogP contribution >= 0.6 is 0 Å². The van der Waals surface area contributed by atoms with E-state index in [0.717, 1.165) is 12.8 Å². The molecule has 0 bridgehead atoms. The van der Waals surface area contributed by atoms with Gasteiger partial charge in [0.05, 0.1) is 0 Å². The quantitative estimate of drug-likeness (QED) is 0.539. The molecule has 0 aliphatic heterocycles. The summed E-state index contributed by atoms with van der Waals surface area (Å²) in [6.45, 7) is 9.02. The summed E-state index contributed by atoms with van der Waals surface area (Å²) in [5, 5.41) is 0. The van der Waals surface area contributed by atoms with Crippen molar-refractivity contribution in [2.75, 3.05) is 0 Å². The molecule has 0 N–H and O–H groups in total. The zero-order valence-corrected chi connectivity index (χ0v) is 8.41. The van der Waals surface area contributed by atoms with Gasteiger partial charge in [0, 0.05) is 1.37 Å². The van der Waals surface area contributed by atoms with Crippen molar-refractivity contribution in [3.8, 4) is 0 Å². The molecule has 0 atom stereocenters. The summed E-state index contributed by atoms with van der Waals surface area (Å²) in [6, 6.07) is 0. The molecule has 1 saturated carbocycles. The number of hydrogen-bond donors (Lipinski definition) is 0. The molecule has 0 heterocycles. The third kappa shape index (κ3) is 2.50. The highest BCUT2D eigenvalue weighted by molar-refractivity contribution is 4.79. The second-order valence-corrected chi connectivity index (χ2v) is 4.98. The zero-order valence-electron chi connectivity index (χ0n) is 9.41. The Labute approximate surface area is 72.8 Å². The molecule has 66 valence electrons. The van der Waals surface area contributed by atoms with Crippen molar-refractivity contribution in [1.82, 2.24) is 0 Å². The van der Waals surface area contributed by atoms with Gasteiger partial charge in [0.1, 0.15) is 0 Å². The molecule has 0 unspecified atom stereocenters. The second kappa shape index (κ2) is 3.16. The standard InChI is InChI=1S/C11H22/c1-9(2)10-5-7-11(3,4)8-6-10/h9-10H,5-8H2,1-4H3/i10D. The van der Waals surface area contributed by atoms with E-state index in [2.05, 4.69) is 27.7 Å². The van der Waals surface area contributed by atoms with Crippen molar-refractivity contribution in [3.05, 3.63) is 0 Å². The van der Waals surface area contributed by atoms with Crippen LogP contribution in [0.2, 0.25) is 0 Å². The Morgan fingerprint density at radius 3 is 2.09 bits per heavy atom. The molecule has 0 aromatic carbocycles. The van der Waals surface area contributed by atoms with Crippen LogP contribution in [0.25, 0.3) is 0 Å². The minimum absolute atomic E-state index is 0.116. The highest BCUT2D eigenvalue weighted by atomic mass is 14.3. The van der Waals surface area contributed by atoms with Gasteiger partial charge in [-0.2, -0.15) is 0 Å². The molecule has 0 nitrogen and oxygen atoms in total. The Morgan fingerprint density at radius 2 is 1.73 bits per heavy atom. The fourth-order valence-electron chi connectivity index (χ4n) is 1.83. The zero-order chi connectivity index (χ0) is 9.41. The summed E-state index contributed by atoms with van der Waals surface area (Å²) < 4.78 is 8.25. The van der Waals surface area contributed by atoms with Crippen LogP contribution in [0.1, 0.15) is 54.7 Å². The minimum Gasteiger partial charge on any atom is -0.0625 e. The van der Waals surface area contributed by atoms with E-state index in [1.807, 2.05) is 0 Å². The Morgan fingerprint density at radius 1 is 1.27 bits per heavy atom. The molecule has 1 fully saturated rings. The first-order valence-electron chi connectivity index (χ1n) is 5.36. The van der Waals surface area contributed by atoms with Crippen molar-refractivity contribution in [1.29, 1.82) is 0 Å². The van der Waals surface area contributed by atoms with Crippen LogP contribution in [-0.4, -0.2) is 0 Å². The summed E-state index contributed by atoms with van der Waals surface area (Å²) in [6.07, 6.45) is 4.65. The predicted octanol–water partition coefficient (Wildman–Crippen LogP) is 3.86. The SMILES string of the molecule is [2H]C1(C(C)C)CCC(C)(C)CC1. The Bertz CT molecular complexity index is 148. The average Bonchev–Trinajstić information content (AvgIpc) is 1.96. The summed E-state index contributed by atoms with van der Waals surface area (Å²) in [5.41, 5.74) is 0.499. The molecule has 1 aliphatic rings. The fraction of sp³-hybridized carbons (Fsp3) is 1.00. The second-order valence-electron chi connectivity index (χ2n) is 4.98. The lowest BCUT2D eigenvalue weighted by Gasteiger charge is -2.36. The van der Waals surface area contributed by atoms with E-state index in [1.165, 1.54) is 12.8 Å². The first kappa shape index (κ1) is 7.64. The molecule has 0 saturated heterocycles. The maximum atomic E-state index is 8.25. The summed E-state index contributed by atoms with van der Waals surface area (Å²) in [5.74, 6) is 0.406. The molecule has 0 spiro atoms. The van der Waals surface area contributed by atoms with Gasteiger partial charge in [0.2, 0.25) is 0 Å². The molecular formula is C11H22. The Hall–Kier alpha value is 0. The monoisotopic (exact) mass is 155 g/mol. The molecule has 0 amide bonds. The summed E-state index contributed by atoms with van der Waals surface area (Å²) in [4.78, 5) is 0. The van der Waals surface area contributed by atoms with Gasteiger partial charge in [-0.05, 0) is 42.9 Å². The van der Waals surface area contributed by atoms with Crippen LogP contribution in [-0.2, 0) is 0 Å². The summed E-state index contributed by atoms with van der Waals surface area (Å²) in [7, 11) is 0. The lowest BCUT2D eigenvalue weighted by atomic mass is 9.70. The maximum absolute atomic E-state index is 8.25. The first-order valence-corrected chi connectivity index (χ1v) is 4.86. The molecule has 1 rings (SSSR count). The van der Waals surface area contributed by atoms with Crippen molar-refractivity contribution >= 4 is 0 Å². The van der Waals surface area contributed by atoms with Gasteiger partial charge in [-0.1, -0.05) is 27.7 Å². The van der Waals surface area contributed by atoms with E-state index in [4.69, 9.17) is 1.37 Å². The van der Waals surface area contributed by atoms with Crippen molar-refractivity contribution < 1.29 is 1.37 Å². The predicted molar refractivity (Wildman–Crippen MR) is 50.6 cm³/mol. The lowest BCUT2D eigenvalue weighted by molar-refractivity contribution is 0.161. The van der Waals surface area contributed by atoms with Crippen molar-refractivity contribution in [2.24, 2.45) is 17.2 Å². The van der Waals surface area contributed by atoms with Crippen molar-refractivity contribution in [2.45, 2.75) is 53.4 Å². The molecular weight excluding hydrogens is 132 g/mol. The van der Waals surface area contributed by atoms with E-state index in [-0.39, 0.29) is 5.89 Å². The van der Waals surface area contributed by atoms with E-state index in [9.17, 15) is 0 Å². The highest BCUT2D eigenvalue weighted by Gasteiger charge is 2.27. The fourth-order valence-corrected chi connectivity index (χ4v) is 1.83. The molecule has 11 heavy (non-hydrogen) atoms. The molecule has 0 radical (unpaired) electrons.